The lowest BCUT2D eigenvalue weighted by Gasteiger charge is -2.23. The number of imidazole rings is 1. The first-order chi connectivity index (χ1) is 8.86. The van der Waals surface area contributed by atoms with Crippen LogP contribution in [0.3, 0.4) is 0 Å². The fourth-order valence-corrected chi connectivity index (χ4v) is 3.46. The van der Waals surface area contributed by atoms with Crippen LogP contribution in [0.15, 0.2) is 11.2 Å². The first kappa shape index (κ1) is 14.0. The number of hydrogen-bond donors (Lipinski definition) is 3. The van der Waals surface area contributed by atoms with E-state index in [0.29, 0.717) is 18.7 Å². The minimum Gasteiger partial charge on any atom is -0.481 e. The van der Waals surface area contributed by atoms with Crippen LogP contribution in [0, 0.1) is 12.3 Å². The quantitative estimate of drug-likeness (QED) is 0.735. The van der Waals surface area contributed by atoms with E-state index in [9.17, 15) is 18.3 Å². The van der Waals surface area contributed by atoms with E-state index < -0.39 is 21.4 Å². The summed E-state index contributed by atoms with van der Waals surface area (Å²) < 4.78 is 26.4. The SMILES string of the molecule is Cc1ncc(S(=O)(=O)NCC2(C(=O)O)CCCC2)[nH]1. The number of aromatic nitrogens is 2. The Labute approximate surface area is 111 Å². The van der Waals surface area contributed by atoms with Gasteiger partial charge in [0.2, 0.25) is 0 Å². The molecule has 1 aromatic heterocycles. The normalized spacial score (nSPS) is 18.6. The summed E-state index contributed by atoms with van der Waals surface area (Å²) in [5.41, 5.74) is -0.970. The highest BCUT2D eigenvalue weighted by Gasteiger charge is 2.42. The van der Waals surface area contributed by atoms with Gasteiger partial charge in [-0.25, -0.2) is 18.1 Å². The van der Waals surface area contributed by atoms with Crippen molar-refractivity contribution < 1.29 is 18.3 Å². The third-order valence-corrected chi connectivity index (χ3v) is 4.89. The van der Waals surface area contributed by atoms with Gasteiger partial charge >= 0.3 is 5.97 Å². The third-order valence-electron chi connectivity index (χ3n) is 3.58. The van der Waals surface area contributed by atoms with E-state index in [1.54, 1.807) is 6.92 Å². The van der Waals surface area contributed by atoms with Crippen molar-refractivity contribution in [3.8, 4) is 0 Å². The van der Waals surface area contributed by atoms with Crippen LogP contribution >= 0.6 is 0 Å². The second kappa shape index (κ2) is 4.93. The highest BCUT2D eigenvalue weighted by Crippen LogP contribution is 2.38. The Balaban J connectivity index is 2.11. The molecule has 1 aliphatic carbocycles. The van der Waals surface area contributed by atoms with Crippen molar-refractivity contribution in [3.63, 3.8) is 0 Å². The molecule has 8 heteroatoms. The summed E-state index contributed by atoms with van der Waals surface area (Å²) in [4.78, 5) is 17.8. The number of sulfonamides is 1. The smallest absolute Gasteiger partial charge is 0.310 e. The number of carbonyl (C=O) groups is 1. The molecule has 0 aliphatic heterocycles. The lowest BCUT2D eigenvalue weighted by Crippen LogP contribution is -2.41. The molecule has 1 heterocycles. The number of carboxylic acids is 1. The summed E-state index contributed by atoms with van der Waals surface area (Å²) in [6.07, 6.45) is 3.87. The van der Waals surface area contributed by atoms with Crippen molar-refractivity contribution in [2.24, 2.45) is 5.41 Å². The maximum Gasteiger partial charge on any atom is 0.310 e. The second-order valence-electron chi connectivity index (χ2n) is 4.95. The number of hydrogen-bond acceptors (Lipinski definition) is 4. The fraction of sp³-hybridized carbons (Fsp3) is 0.636. The zero-order chi connectivity index (χ0) is 14.1. The number of H-pyrrole nitrogens is 1. The molecule has 106 valence electrons. The average Bonchev–Trinajstić information content (AvgIpc) is 2.96. The zero-order valence-electron chi connectivity index (χ0n) is 10.6. The van der Waals surface area contributed by atoms with E-state index in [2.05, 4.69) is 14.7 Å². The van der Waals surface area contributed by atoms with Crippen LogP contribution < -0.4 is 4.72 Å². The minimum absolute atomic E-state index is 0.0384. The Hall–Kier alpha value is -1.41. The Morgan fingerprint density at radius 3 is 2.63 bits per heavy atom. The van der Waals surface area contributed by atoms with Crippen LogP contribution in [0.5, 0.6) is 0 Å². The van der Waals surface area contributed by atoms with Gasteiger partial charge in [-0.3, -0.25) is 4.79 Å². The van der Waals surface area contributed by atoms with Crippen LogP contribution in [0.1, 0.15) is 31.5 Å². The summed E-state index contributed by atoms with van der Waals surface area (Å²) >= 11 is 0. The molecule has 0 radical (unpaired) electrons. The monoisotopic (exact) mass is 287 g/mol. The molecular formula is C11H17N3O4S. The van der Waals surface area contributed by atoms with Gasteiger partial charge in [0, 0.05) is 6.54 Å². The number of carboxylic acid groups (broad SMARTS) is 1. The third kappa shape index (κ3) is 2.79. The molecule has 0 saturated heterocycles. The molecule has 0 unspecified atom stereocenters. The van der Waals surface area contributed by atoms with Crippen molar-refractivity contribution in [2.45, 2.75) is 37.6 Å². The van der Waals surface area contributed by atoms with E-state index in [-0.39, 0.29) is 11.6 Å². The summed E-state index contributed by atoms with van der Waals surface area (Å²) in [5, 5.41) is 9.24. The Morgan fingerprint density at radius 2 is 2.16 bits per heavy atom. The largest absolute Gasteiger partial charge is 0.481 e. The number of rotatable bonds is 5. The second-order valence-corrected chi connectivity index (χ2v) is 6.69. The molecule has 0 bridgehead atoms. The zero-order valence-corrected chi connectivity index (χ0v) is 11.5. The molecule has 7 nitrogen and oxygen atoms in total. The van der Waals surface area contributed by atoms with E-state index >= 15 is 0 Å². The molecule has 1 fully saturated rings. The van der Waals surface area contributed by atoms with Gasteiger partial charge in [-0.15, -0.1) is 0 Å². The number of aliphatic carboxylic acids is 1. The van der Waals surface area contributed by atoms with Gasteiger partial charge in [0.15, 0.2) is 5.03 Å². The maximum atomic E-state index is 12.0. The molecular weight excluding hydrogens is 270 g/mol. The van der Waals surface area contributed by atoms with E-state index in [4.69, 9.17) is 0 Å². The maximum absolute atomic E-state index is 12.0. The number of nitrogens with zero attached hydrogens (tertiary/aromatic N) is 1. The van der Waals surface area contributed by atoms with Gasteiger partial charge in [0.05, 0.1) is 11.6 Å². The Bertz CT molecular complexity index is 573. The summed E-state index contributed by atoms with van der Waals surface area (Å²) in [7, 11) is -3.73. The first-order valence-electron chi connectivity index (χ1n) is 6.10. The van der Waals surface area contributed by atoms with Crippen molar-refractivity contribution in [2.75, 3.05) is 6.54 Å². The Morgan fingerprint density at radius 1 is 1.53 bits per heavy atom. The minimum atomic E-state index is -3.73. The number of aryl methyl sites for hydroxylation is 1. The van der Waals surface area contributed by atoms with E-state index in [1.165, 1.54) is 6.20 Å². The van der Waals surface area contributed by atoms with Crippen LogP contribution in [0.25, 0.3) is 0 Å². The van der Waals surface area contributed by atoms with Crippen molar-refractivity contribution in [1.29, 1.82) is 0 Å². The van der Waals surface area contributed by atoms with Crippen LogP contribution in [0.2, 0.25) is 0 Å². The molecule has 1 saturated carbocycles. The molecule has 0 aromatic carbocycles. The highest BCUT2D eigenvalue weighted by molar-refractivity contribution is 7.89. The molecule has 19 heavy (non-hydrogen) atoms. The molecule has 2 rings (SSSR count). The summed E-state index contributed by atoms with van der Waals surface area (Å²) in [6.45, 7) is 1.57. The lowest BCUT2D eigenvalue weighted by molar-refractivity contribution is -0.148. The van der Waals surface area contributed by atoms with Gasteiger partial charge in [0.25, 0.3) is 10.0 Å². The number of aromatic amines is 1. The van der Waals surface area contributed by atoms with Gasteiger partial charge < -0.3 is 10.1 Å². The number of nitrogens with one attached hydrogen (secondary N) is 2. The van der Waals surface area contributed by atoms with E-state index in [0.717, 1.165) is 12.8 Å². The lowest BCUT2D eigenvalue weighted by atomic mass is 9.87. The van der Waals surface area contributed by atoms with Crippen LogP contribution in [-0.4, -0.2) is 36.0 Å². The van der Waals surface area contributed by atoms with Gasteiger partial charge in [-0.05, 0) is 19.8 Å². The van der Waals surface area contributed by atoms with Crippen LogP contribution in [0.4, 0.5) is 0 Å². The van der Waals surface area contributed by atoms with Gasteiger partial charge in [-0.2, -0.15) is 0 Å². The van der Waals surface area contributed by atoms with Crippen molar-refractivity contribution in [1.82, 2.24) is 14.7 Å². The van der Waals surface area contributed by atoms with Crippen molar-refractivity contribution in [3.05, 3.63) is 12.0 Å². The first-order valence-corrected chi connectivity index (χ1v) is 7.59. The standard InChI is InChI=1S/C11H17N3O4S/c1-8-12-6-9(14-8)19(17,18)13-7-11(10(15)16)4-2-3-5-11/h6,13H,2-5,7H2,1H3,(H,12,14)(H,15,16). The van der Waals surface area contributed by atoms with Gasteiger partial charge in [0.1, 0.15) is 5.82 Å². The molecule has 0 spiro atoms. The molecule has 0 amide bonds. The fourth-order valence-electron chi connectivity index (χ4n) is 2.36. The van der Waals surface area contributed by atoms with Crippen molar-refractivity contribution >= 4 is 16.0 Å². The molecule has 1 aliphatic rings. The topological polar surface area (TPSA) is 112 Å². The molecule has 0 atom stereocenters. The van der Waals surface area contributed by atoms with E-state index in [1.807, 2.05) is 0 Å². The predicted octanol–water partition coefficient (Wildman–Crippen LogP) is 0.641. The summed E-state index contributed by atoms with van der Waals surface area (Å²) in [6, 6.07) is 0. The highest BCUT2D eigenvalue weighted by atomic mass is 32.2. The average molecular weight is 287 g/mol. The Kier molecular flexibility index (Phi) is 3.64. The van der Waals surface area contributed by atoms with Crippen LogP contribution in [-0.2, 0) is 14.8 Å². The summed E-state index contributed by atoms with van der Waals surface area (Å²) in [5.74, 6) is -0.442. The molecule has 1 aromatic rings. The van der Waals surface area contributed by atoms with Gasteiger partial charge in [-0.1, -0.05) is 12.8 Å². The molecule has 3 N–H and O–H groups in total. The predicted molar refractivity (Wildman–Crippen MR) is 67.1 cm³/mol.